The minimum absolute atomic E-state index is 0.319. The van der Waals surface area contributed by atoms with Crippen LogP contribution in [0.4, 0.5) is 0 Å². The number of nitrogens with zero attached hydrogens (tertiary/aromatic N) is 2. The number of hydrogen-bond donors (Lipinski definition) is 1. The molecule has 2 N–H and O–H groups in total. The fourth-order valence-electron chi connectivity index (χ4n) is 1.87. The van der Waals surface area contributed by atoms with Crippen LogP contribution in [0.3, 0.4) is 0 Å². The van der Waals surface area contributed by atoms with Crippen molar-refractivity contribution in [2.75, 3.05) is 0 Å². The third kappa shape index (κ3) is 3.65. The van der Waals surface area contributed by atoms with E-state index >= 15 is 0 Å². The Hall–Kier alpha value is -2.69. The molecule has 5 nitrogen and oxygen atoms in total. The highest BCUT2D eigenvalue weighted by atomic mass is 16.2. The Morgan fingerprint density at radius 3 is 2.05 bits per heavy atom. The lowest BCUT2D eigenvalue weighted by Gasteiger charge is -2.21. The maximum Gasteiger partial charge on any atom is 0.312 e. The molecule has 2 rings (SSSR count). The van der Waals surface area contributed by atoms with E-state index in [9.17, 15) is 9.59 Å². The molecule has 0 bridgehead atoms. The Morgan fingerprint density at radius 1 is 0.950 bits per heavy atom. The SMILES string of the molecule is NC(=O)C(=O)N(Cc1ccccc1)Cc1ccncc1. The largest absolute Gasteiger partial charge is 0.361 e. The molecule has 1 heterocycles. The summed E-state index contributed by atoms with van der Waals surface area (Å²) in [5, 5.41) is 0. The Labute approximate surface area is 117 Å². The van der Waals surface area contributed by atoms with E-state index in [2.05, 4.69) is 4.98 Å². The van der Waals surface area contributed by atoms with Crippen molar-refractivity contribution >= 4 is 11.8 Å². The first-order valence-electron chi connectivity index (χ1n) is 6.18. The van der Waals surface area contributed by atoms with E-state index in [1.165, 1.54) is 4.90 Å². The maximum absolute atomic E-state index is 11.9. The van der Waals surface area contributed by atoms with E-state index in [-0.39, 0.29) is 0 Å². The Kier molecular flexibility index (Phi) is 4.44. The van der Waals surface area contributed by atoms with Gasteiger partial charge >= 0.3 is 11.8 Å². The molecule has 1 aromatic carbocycles. The predicted molar refractivity (Wildman–Crippen MR) is 74.1 cm³/mol. The molecule has 0 aliphatic carbocycles. The minimum atomic E-state index is -0.949. The number of hydrogen-bond acceptors (Lipinski definition) is 3. The minimum Gasteiger partial charge on any atom is -0.361 e. The summed E-state index contributed by atoms with van der Waals surface area (Å²) >= 11 is 0. The van der Waals surface area contributed by atoms with Crippen molar-refractivity contribution in [2.45, 2.75) is 13.1 Å². The zero-order valence-electron chi connectivity index (χ0n) is 10.9. The van der Waals surface area contributed by atoms with Gasteiger partial charge in [0.1, 0.15) is 0 Å². The molecule has 0 aliphatic heterocycles. The van der Waals surface area contributed by atoms with Crippen LogP contribution in [0.5, 0.6) is 0 Å². The predicted octanol–water partition coefficient (Wildman–Crippen LogP) is 1.10. The number of amides is 2. The quantitative estimate of drug-likeness (QED) is 0.844. The van der Waals surface area contributed by atoms with Gasteiger partial charge in [-0.2, -0.15) is 0 Å². The molecule has 0 radical (unpaired) electrons. The highest BCUT2D eigenvalue weighted by Gasteiger charge is 2.19. The van der Waals surface area contributed by atoms with Crippen molar-refractivity contribution in [3.63, 3.8) is 0 Å². The van der Waals surface area contributed by atoms with E-state index in [1.54, 1.807) is 24.5 Å². The van der Waals surface area contributed by atoms with Crippen LogP contribution in [0.15, 0.2) is 54.9 Å². The van der Waals surface area contributed by atoms with Gasteiger partial charge in [-0.25, -0.2) is 0 Å². The van der Waals surface area contributed by atoms with Crippen molar-refractivity contribution in [3.8, 4) is 0 Å². The van der Waals surface area contributed by atoms with Gasteiger partial charge in [0, 0.05) is 25.5 Å². The Balaban J connectivity index is 2.17. The van der Waals surface area contributed by atoms with Gasteiger partial charge in [0.05, 0.1) is 0 Å². The van der Waals surface area contributed by atoms with Gasteiger partial charge in [0.25, 0.3) is 0 Å². The van der Waals surface area contributed by atoms with Crippen LogP contribution in [0, 0.1) is 0 Å². The smallest absolute Gasteiger partial charge is 0.312 e. The number of primary amides is 1. The summed E-state index contributed by atoms with van der Waals surface area (Å²) < 4.78 is 0. The first-order valence-corrected chi connectivity index (χ1v) is 6.18. The van der Waals surface area contributed by atoms with Crippen LogP contribution in [0.2, 0.25) is 0 Å². The standard InChI is InChI=1S/C15H15N3O2/c16-14(19)15(20)18(10-12-4-2-1-3-5-12)11-13-6-8-17-9-7-13/h1-9H,10-11H2,(H2,16,19). The number of nitrogens with two attached hydrogens (primary N) is 1. The first kappa shape index (κ1) is 13.7. The average molecular weight is 269 g/mol. The maximum atomic E-state index is 11.9. The second kappa shape index (κ2) is 6.47. The number of carbonyl (C=O) groups excluding carboxylic acids is 2. The van der Waals surface area contributed by atoms with E-state index < -0.39 is 11.8 Å². The van der Waals surface area contributed by atoms with Gasteiger partial charge < -0.3 is 10.6 Å². The average Bonchev–Trinajstić information content (AvgIpc) is 2.48. The van der Waals surface area contributed by atoms with E-state index in [1.807, 2.05) is 30.3 Å². The number of pyridine rings is 1. The monoisotopic (exact) mass is 269 g/mol. The molecule has 2 aromatic rings. The lowest BCUT2D eigenvalue weighted by Crippen LogP contribution is -2.39. The summed E-state index contributed by atoms with van der Waals surface area (Å²) in [5.41, 5.74) is 6.94. The highest BCUT2D eigenvalue weighted by Crippen LogP contribution is 2.09. The molecule has 0 aliphatic rings. The molecule has 5 heteroatoms. The lowest BCUT2D eigenvalue weighted by atomic mass is 10.2. The second-order valence-corrected chi connectivity index (χ2v) is 4.37. The summed E-state index contributed by atoms with van der Waals surface area (Å²) in [7, 11) is 0. The molecule has 0 saturated carbocycles. The normalized spacial score (nSPS) is 10.0. The van der Waals surface area contributed by atoms with Gasteiger partial charge in [0.2, 0.25) is 0 Å². The number of aromatic nitrogens is 1. The van der Waals surface area contributed by atoms with Crippen LogP contribution in [-0.4, -0.2) is 21.7 Å². The van der Waals surface area contributed by atoms with Crippen molar-refractivity contribution < 1.29 is 9.59 Å². The van der Waals surface area contributed by atoms with Crippen LogP contribution in [0.25, 0.3) is 0 Å². The van der Waals surface area contributed by atoms with Gasteiger partial charge in [-0.3, -0.25) is 14.6 Å². The molecular formula is C15H15N3O2. The summed E-state index contributed by atoms with van der Waals surface area (Å²) in [4.78, 5) is 28.4. The fourth-order valence-corrected chi connectivity index (χ4v) is 1.87. The number of carbonyl (C=O) groups is 2. The second-order valence-electron chi connectivity index (χ2n) is 4.37. The summed E-state index contributed by atoms with van der Waals surface area (Å²) in [6.45, 7) is 0.657. The van der Waals surface area contributed by atoms with Gasteiger partial charge in [-0.1, -0.05) is 30.3 Å². The summed E-state index contributed by atoms with van der Waals surface area (Å²) in [6.07, 6.45) is 3.29. The molecule has 102 valence electrons. The fraction of sp³-hybridized carbons (Fsp3) is 0.133. The third-order valence-electron chi connectivity index (χ3n) is 2.84. The zero-order valence-corrected chi connectivity index (χ0v) is 10.9. The third-order valence-corrected chi connectivity index (χ3v) is 2.84. The van der Waals surface area contributed by atoms with Crippen LogP contribution in [-0.2, 0) is 22.7 Å². The molecule has 0 fully saturated rings. The number of benzene rings is 1. The lowest BCUT2D eigenvalue weighted by molar-refractivity contribution is -0.145. The van der Waals surface area contributed by atoms with E-state index in [0.717, 1.165) is 11.1 Å². The molecule has 2 amide bonds. The highest BCUT2D eigenvalue weighted by molar-refractivity contribution is 6.34. The Morgan fingerprint density at radius 2 is 1.50 bits per heavy atom. The van der Waals surface area contributed by atoms with Gasteiger partial charge in [-0.15, -0.1) is 0 Å². The molecule has 0 unspecified atom stereocenters. The van der Waals surface area contributed by atoms with Crippen LogP contribution in [0.1, 0.15) is 11.1 Å². The number of rotatable bonds is 4. The first-order chi connectivity index (χ1) is 9.66. The van der Waals surface area contributed by atoms with E-state index in [4.69, 9.17) is 5.73 Å². The van der Waals surface area contributed by atoms with Gasteiger partial charge in [0.15, 0.2) is 0 Å². The van der Waals surface area contributed by atoms with Gasteiger partial charge in [-0.05, 0) is 23.3 Å². The zero-order chi connectivity index (χ0) is 14.4. The molecule has 0 atom stereocenters. The van der Waals surface area contributed by atoms with E-state index in [0.29, 0.717) is 13.1 Å². The van der Waals surface area contributed by atoms with Crippen molar-refractivity contribution in [1.82, 2.24) is 9.88 Å². The molecule has 1 aromatic heterocycles. The molecule has 20 heavy (non-hydrogen) atoms. The Bertz CT molecular complexity index is 543. The van der Waals surface area contributed by atoms with Crippen molar-refractivity contribution in [1.29, 1.82) is 0 Å². The van der Waals surface area contributed by atoms with Crippen LogP contribution < -0.4 is 5.73 Å². The summed E-state index contributed by atoms with van der Waals surface area (Å²) in [5.74, 6) is -1.64. The topological polar surface area (TPSA) is 76.3 Å². The summed E-state index contributed by atoms with van der Waals surface area (Å²) in [6, 6.07) is 13.1. The molecule has 0 spiro atoms. The van der Waals surface area contributed by atoms with Crippen molar-refractivity contribution in [2.24, 2.45) is 5.73 Å². The molecule has 0 saturated heterocycles. The molecular weight excluding hydrogens is 254 g/mol. The van der Waals surface area contributed by atoms with Crippen molar-refractivity contribution in [3.05, 3.63) is 66.0 Å². The van der Waals surface area contributed by atoms with Crippen LogP contribution >= 0.6 is 0 Å².